The Bertz CT molecular complexity index is 206. The summed E-state index contributed by atoms with van der Waals surface area (Å²) in [6, 6.07) is 7.91. The highest BCUT2D eigenvalue weighted by Crippen LogP contribution is 2.14. The van der Waals surface area contributed by atoms with E-state index in [-0.39, 0.29) is 0 Å². The van der Waals surface area contributed by atoms with Crippen LogP contribution in [0.25, 0.3) is 0 Å². The fourth-order valence-corrected chi connectivity index (χ4v) is 1.05. The second-order valence-corrected chi connectivity index (χ2v) is 3.06. The molecule has 1 heteroatoms. The number of benzene rings is 1. The molecule has 1 rings (SSSR count). The molecule has 0 saturated carbocycles. The molecule has 0 unspecified atom stereocenters. The zero-order valence-electron chi connectivity index (χ0n) is 10.1. The summed E-state index contributed by atoms with van der Waals surface area (Å²) in [6.45, 7) is 10.3. The van der Waals surface area contributed by atoms with Crippen molar-refractivity contribution in [3.63, 3.8) is 0 Å². The number of aryl methyl sites for hydroxylation is 1. The number of hydrogen-bond donors (Lipinski definition) is 0. The molecule has 0 aliphatic heterocycles. The largest absolute Gasteiger partial charge is 0.0840 e. The third kappa shape index (κ3) is 8.12. The van der Waals surface area contributed by atoms with Gasteiger partial charge in [0.1, 0.15) is 0 Å². The summed E-state index contributed by atoms with van der Waals surface area (Å²) in [5.41, 5.74) is 1.22. The molecule has 0 nitrogen and oxygen atoms in total. The molecular weight excluding hydrogens is 192 g/mol. The van der Waals surface area contributed by atoms with Crippen LogP contribution in [0.2, 0.25) is 5.02 Å². The van der Waals surface area contributed by atoms with Crippen LogP contribution in [0.15, 0.2) is 24.3 Å². The first kappa shape index (κ1) is 16.0. The zero-order valence-corrected chi connectivity index (χ0v) is 10.9. The molecule has 1 aromatic carbocycles. The maximum Gasteiger partial charge on any atom is 0.0437 e. The van der Waals surface area contributed by atoms with Crippen molar-refractivity contribution < 1.29 is 0 Å². The Hall–Kier alpha value is -0.490. The smallest absolute Gasteiger partial charge is 0.0437 e. The van der Waals surface area contributed by atoms with Crippen molar-refractivity contribution >= 4 is 11.6 Å². The summed E-state index contributed by atoms with van der Waals surface area (Å²) < 4.78 is 0. The highest BCUT2D eigenvalue weighted by molar-refractivity contribution is 6.31. The first-order valence-electron chi connectivity index (χ1n) is 5.49. The van der Waals surface area contributed by atoms with E-state index >= 15 is 0 Å². The van der Waals surface area contributed by atoms with Crippen molar-refractivity contribution in [2.45, 2.75) is 47.5 Å². The molecule has 14 heavy (non-hydrogen) atoms. The first-order valence-corrected chi connectivity index (χ1v) is 5.87. The van der Waals surface area contributed by atoms with Gasteiger partial charge in [0.25, 0.3) is 0 Å². The SMILES string of the molecule is CC.CCC.CCc1ccccc1Cl. The molecule has 0 fully saturated rings. The third-order valence-corrected chi connectivity index (χ3v) is 1.71. The Morgan fingerprint density at radius 1 is 1.00 bits per heavy atom. The van der Waals surface area contributed by atoms with Crippen LogP contribution in [0, 0.1) is 0 Å². The van der Waals surface area contributed by atoms with Crippen LogP contribution >= 0.6 is 11.6 Å². The van der Waals surface area contributed by atoms with E-state index in [9.17, 15) is 0 Å². The highest BCUT2D eigenvalue weighted by Gasteiger charge is 1.91. The lowest BCUT2D eigenvalue weighted by molar-refractivity contribution is 1.09. The molecule has 1 aromatic rings. The minimum Gasteiger partial charge on any atom is -0.0840 e. The Balaban J connectivity index is 0. The first-order chi connectivity index (χ1) is 6.76. The van der Waals surface area contributed by atoms with Gasteiger partial charge in [-0.05, 0) is 18.1 Å². The van der Waals surface area contributed by atoms with Crippen LogP contribution in [0.3, 0.4) is 0 Å². The fraction of sp³-hybridized carbons (Fsp3) is 0.538. The summed E-state index contributed by atoms with van der Waals surface area (Å²) in [4.78, 5) is 0. The van der Waals surface area contributed by atoms with E-state index in [0.717, 1.165) is 11.4 Å². The van der Waals surface area contributed by atoms with Gasteiger partial charge in [-0.1, -0.05) is 70.8 Å². The van der Waals surface area contributed by atoms with Crippen LogP contribution in [0.5, 0.6) is 0 Å². The second-order valence-electron chi connectivity index (χ2n) is 2.65. The molecular formula is C13H23Cl. The maximum absolute atomic E-state index is 5.82. The Labute approximate surface area is 94.3 Å². The summed E-state index contributed by atoms with van der Waals surface area (Å²) >= 11 is 5.82. The van der Waals surface area contributed by atoms with Crippen molar-refractivity contribution in [1.29, 1.82) is 0 Å². The fourth-order valence-electron chi connectivity index (χ4n) is 0.785. The molecule has 0 aliphatic rings. The quantitative estimate of drug-likeness (QED) is 0.592. The summed E-state index contributed by atoms with van der Waals surface area (Å²) in [7, 11) is 0. The summed E-state index contributed by atoms with van der Waals surface area (Å²) in [6.07, 6.45) is 2.26. The minimum atomic E-state index is 0.875. The molecule has 0 bridgehead atoms. The molecule has 0 heterocycles. The van der Waals surface area contributed by atoms with Gasteiger partial charge in [-0.25, -0.2) is 0 Å². The van der Waals surface area contributed by atoms with Crippen molar-refractivity contribution in [2.75, 3.05) is 0 Å². The Kier molecular flexibility index (Phi) is 14.3. The van der Waals surface area contributed by atoms with Gasteiger partial charge in [-0.2, -0.15) is 0 Å². The van der Waals surface area contributed by atoms with Crippen LogP contribution in [-0.4, -0.2) is 0 Å². The van der Waals surface area contributed by atoms with Crippen molar-refractivity contribution in [3.8, 4) is 0 Å². The predicted molar refractivity (Wildman–Crippen MR) is 68.1 cm³/mol. The third-order valence-electron chi connectivity index (χ3n) is 1.34. The van der Waals surface area contributed by atoms with Gasteiger partial charge >= 0.3 is 0 Å². The monoisotopic (exact) mass is 214 g/mol. The van der Waals surface area contributed by atoms with Gasteiger partial charge in [-0.15, -0.1) is 0 Å². The molecule has 0 saturated heterocycles. The molecule has 0 aromatic heterocycles. The number of rotatable bonds is 1. The van der Waals surface area contributed by atoms with E-state index in [1.807, 2.05) is 38.1 Å². The van der Waals surface area contributed by atoms with Crippen LogP contribution in [0.4, 0.5) is 0 Å². The predicted octanol–water partition coefficient (Wildman–Crippen LogP) is 5.34. The van der Waals surface area contributed by atoms with Gasteiger partial charge < -0.3 is 0 Å². The van der Waals surface area contributed by atoms with E-state index in [1.54, 1.807) is 0 Å². The molecule has 0 aliphatic carbocycles. The molecule has 82 valence electrons. The van der Waals surface area contributed by atoms with E-state index < -0.39 is 0 Å². The van der Waals surface area contributed by atoms with Gasteiger partial charge in [0.05, 0.1) is 0 Å². The van der Waals surface area contributed by atoms with Crippen LogP contribution < -0.4 is 0 Å². The zero-order chi connectivity index (χ0) is 11.4. The number of halogens is 1. The van der Waals surface area contributed by atoms with E-state index in [2.05, 4.69) is 20.8 Å². The molecule has 0 amide bonds. The topological polar surface area (TPSA) is 0 Å². The normalized spacial score (nSPS) is 7.86. The van der Waals surface area contributed by atoms with E-state index in [1.165, 1.54) is 12.0 Å². The lowest BCUT2D eigenvalue weighted by Crippen LogP contribution is -1.78. The molecule has 0 N–H and O–H groups in total. The average Bonchev–Trinajstić information content (AvgIpc) is 2.23. The average molecular weight is 215 g/mol. The molecule has 0 spiro atoms. The standard InChI is InChI=1S/C8H9Cl.C3H8.C2H6/c1-2-7-5-3-4-6-8(7)9;1-3-2;1-2/h3-6H,2H2,1H3;3H2,1-2H3;1-2H3. The van der Waals surface area contributed by atoms with Crippen molar-refractivity contribution in [3.05, 3.63) is 34.9 Å². The van der Waals surface area contributed by atoms with E-state index in [4.69, 9.17) is 11.6 Å². The maximum atomic E-state index is 5.82. The summed E-state index contributed by atoms with van der Waals surface area (Å²) in [5.74, 6) is 0. The van der Waals surface area contributed by atoms with Gasteiger partial charge in [0.2, 0.25) is 0 Å². The molecule has 0 radical (unpaired) electrons. The molecule has 0 atom stereocenters. The van der Waals surface area contributed by atoms with Gasteiger partial charge in [-0.3, -0.25) is 0 Å². The number of hydrogen-bond acceptors (Lipinski definition) is 0. The lowest BCUT2D eigenvalue weighted by Gasteiger charge is -1.96. The lowest BCUT2D eigenvalue weighted by atomic mass is 10.2. The van der Waals surface area contributed by atoms with Gasteiger partial charge in [0.15, 0.2) is 0 Å². The summed E-state index contributed by atoms with van der Waals surface area (Å²) in [5, 5.41) is 0.875. The highest BCUT2D eigenvalue weighted by atomic mass is 35.5. The Morgan fingerprint density at radius 3 is 1.71 bits per heavy atom. The Morgan fingerprint density at radius 2 is 1.43 bits per heavy atom. The second kappa shape index (κ2) is 12.5. The van der Waals surface area contributed by atoms with Crippen LogP contribution in [0.1, 0.15) is 46.6 Å². The van der Waals surface area contributed by atoms with E-state index in [0.29, 0.717) is 0 Å². The van der Waals surface area contributed by atoms with Crippen LogP contribution in [-0.2, 0) is 6.42 Å². The van der Waals surface area contributed by atoms with Crippen molar-refractivity contribution in [1.82, 2.24) is 0 Å². The minimum absolute atomic E-state index is 0.875. The van der Waals surface area contributed by atoms with Gasteiger partial charge in [0, 0.05) is 5.02 Å². The van der Waals surface area contributed by atoms with Crippen molar-refractivity contribution in [2.24, 2.45) is 0 Å².